The van der Waals surface area contributed by atoms with Gasteiger partial charge >= 0.3 is 0 Å². The van der Waals surface area contributed by atoms with Crippen molar-refractivity contribution < 1.29 is 9.53 Å². The van der Waals surface area contributed by atoms with Crippen molar-refractivity contribution in [1.29, 1.82) is 0 Å². The van der Waals surface area contributed by atoms with Crippen LogP contribution >= 0.6 is 11.8 Å². The van der Waals surface area contributed by atoms with E-state index in [0.717, 1.165) is 29.0 Å². The van der Waals surface area contributed by atoms with E-state index in [9.17, 15) is 4.79 Å². The largest absolute Gasteiger partial charge is 0.484 e. The first-order valence-corrected chi connectivity index (χ1v) is 11.2. The highest BCUT2D eigenvalue weighted by atomic mass is 32.2. The highest BCUT2D eigenvalue weighted by Gasteiger charge is 2.13. The van der Waals surface area contributed by atoms with Gasteiger partial charge in [-0.3, -0.25) is 4.79 Å². The number of rotatable bonds is 10. The summed E-state index contributed by atoms with van der Waals surface area (Å²) in [5.41, 5.74) is 1.85. The summed E-state index contributed by atoms with van der Waals surface area (Å²) in [6.45, 7) is 8.02. The van der Waals surface area contributed by atoms with Crippen LogP contribution in [0.1, 0.15) is 19.4 Å². The smallest absolute Gasteiger partial charge is 0.258 e. The predicted molar refractivity (Wildman–Crippen MR) is 120 cm³/mol. The molecule has 3 rings (SSSR count). The molecule has 0 spiro atoms. The van der Waals surface area contributed by atoms with Gasteiger partial charge in [0.15, 0.2) is 17.4 Å². The summed E-state index contributed by atoms with van der Waals surface area (Å²) in [5.74, 6) is 1.80. The molecule has 0 fully saturated rings. The summed E-state index contributed by atoms with van der Waals surface area (Å²) in [4.78, 5) is 21.3. The van der Waals surface area contributed by atoms with Gasteiger partial charge in [-0.15, -0.1) is 0 Å². The Hall–Kier alpha value is -2.81. The minimum Gasteiger partial charge on any atom is -0.484 e. The Kier molecular flexibility index (Phi) is 7.51. The van der Waals surface area contributed by atoms with Gasteiger partial charge in [0, 0.05) is 13.1 Å². The zero-order valence-electron chi connectivity index (χ0n) is 17.8. The zero-order valence-corrected chi connectivity index (χ0v) is 18.6. The second-order valence-corrected chi connectivity index (χ2v) is 8.17. The number of thioether (sulfide) groups is 1. The number of carbonyl (C=O) groups is 1. The molecule has 0 radical (unpaired) electrons. The number of amides is 1. The number of benzene rings is 1. The summed E-state index contributed by atoms with van der Waals surface area (Å²) < 4.78 is 7.32. The van der Waals surface area contributed by atoms with Crippen LogP contribution in [0.5, 0.6) is 5.75 Å². The van der Waals surface area contributed by atoms with E-state index in [4.69, 9.17) is 4.74 Å². The van der Waals surface area contributed by atoms with Crippen LogP contribution in [0.25, 0.3) is 11.0 Å². The molecule has 0 saturated heterocycles. The molecule has 0 aliphatic heterocycles. The zero-order chi connectivity index (χ0) is 21.5. The van der Waals surface area contributed by atoms with E-state index >= 15 is 0 Å². The molecule has 3 aromatic rings. The van der Waals surface area contributed by atoms with Crippen molar-refractivity contribution in [3.05, 3.63) is 36.0 Å². The molecule has 0 bridgehead atoms. The average molecular weight is 429 g/mol. The number of nitrogens with zero attached hydrogens (tertiary/aromatic N) is 4. The Bertz CT molecular complexity index is 1000. The fourth-order valence-corrected chi connectivity index (χ4v) is 3.19. The topological polar surface area (TPSA) is 94.0 Å². The number of aromatic nitrogens is 4. The third-order valence-electron chi connectivity index (χ3n) is 4.34. The monoisotopic (exact) mass is 428 g/mol. The Morgan fingerprint density at radius 3 is 2.87 bits per heavy atom. The molecule has 30 heavy (non-hydrogen) atoms. The molecule has 0 aliphatic carbocycles. The van der Waals surface area contributed by atoms with Crippen LogP contribution < -0.4 is 15.4 Å². The van der Waals surface area contributed by atoms with E-state index < -0.39 is 0 Å². The molecule has 0 aliphatic rings. The molecule has 160 valence electrons. The van der Waals surface area contributed by atoms with Gasteiger partial charge in [-0.05, 0) is 36.8 Å². The van der Waals surface area contributed by atoms with E-state index in [-0.39, 0.29) is 12.5 Å². The lowest BCUT2D eigenvalue weighted by atomic mass is 10.2. The van der Waals surface area contributed by atoms with Crippen molar-refractivity contribution in [3.8, 4) is 5.75 Å². The van der Waals surface area contributed by atoms with E-state index in [2.05, 4.69) is 39.5 Å². The minimum atomic E-state index is -0.174. The number of aryl methyl sites for hydroxylation is 1. The molecular weight excluding hydrogens is 400 g/mol. The Morgan fingerprint density at radius 1 is 1.30 bits per heavy atom. The first-order valence-electron chi connectivity index (χ1n) is 9.94. The van der Waals surface area contributed by atoms with Gasteiger partial charge in [-0.25, -0.2) is 14.6 Å². The van der Waals surface area contributed by atoms with Crippen LogP contribution in [-0.4, -0.2) is 51.6 Å². The lowest BCUT2D eigenvalue weighted by Gasteiger charge is -2.11. The molecule has 2 N–H and O–H groups in total. The number of ether oxygens (including phenoxy) is 1. The Balaban J connectivity index is 1.59. The van der Waals surface area contributed by atoms with Gasteiger partial charge in [-0.1, -0.05) is 37.7 Å². The molecule has 2 heterocycles. The summed E-state index contributed by atoms with van der Waals surface area (Å²) in [5, 5.41) is 12.3. The fourth-order valence-electron chi connectivity index (χ4n) is 2.83. The van der Waals surface area contributed by atoms with Gasteiger partial charge < -0.3 is 15.4 Å². The van der Waals surface area contributed by atoms with Crippen LogP contribution in [0, 0.1) is 12.8 Å². The maximum absolute atomic E-state index is 12.1. The van der Waals surface area contributed by atoms with Crippen LogP contribution in [0.2, 0.25) is 0 Å². The molecular formula is C21H28N6O2S. The van der Waals surface area contributed by atoms with Crippen LogP contribution in [0.3, 0.4) is 0 Å². The summed E-state index contributed by atoms with van der Waals surface area (Å²) in [6, 6.07) is 7.62. The highest BCUT2D eigenvalue weighted by molar-refractivity contribution is 7.98. The van der Waals surface area contributed by atoms with Crippen molar-refractivity contribution in [2.24, 2.45) is 5.92 Å². The molecule has 9 heteroatoms. The number of fused-ring (bicyclic) bond motifs is 1. The van der Waals surface area contributed by atoms with E-state index in [1.165, 1.54) is 11.8 Å². The maximum atomic E-state index is 12.1. The number of anilines is 1. The highest BCUT2D eigenvalue weighted by Crippen LogP contribution is 2.23. The molecule has 1 amide bonds. The lowest BCUT2D eigenvalue weighted by Crippen LogP contribution is -2.31. The van der Waals surface area contributed by atoms with Crippen molar-refractivity contribution >= 4 is 34.5 Å². The van der Waals surface area contributed by atoms with Gasteiger partial charge in [0.1, 0.15) is 11.6 Å². The van der Waals surface area contributed by atoms with E-state index in [1.807, 2.05) is 37.4 Å². The standard InChI is InChI=1S/C21H28N6O2S/c1-14(2)11-23-19-17-12-24-27(20(17)26-21(25-19)30-4)9-8-22-18(28)13-29-16-7-5-6-15(3)10-16/h5-7,10,12,14H,8-9,11,13H2,1-4H3,(H,22,28)(H,23,25,26). The summed E-state index contributed by atoms with van der Waals surface area (Å²) >= 11 is 1.49. The normalized spacial score (nSPS) is 11.1. The molecule has 2 aromatic heterocycles. The molecule has 0 saturated carbocycles. The summed E-state index contributed by atoms with van der Waals surface area (Å²) in [7, 11) is 0. The number of hydrogen-bond acceptors (Lipinski definition) is 7. The van der Waals surface area contributed by atoms with E-state index in [0.29, 0.717) is 29.9 Å². The van der Waals surface area contributed by atoms with Gasteiger partial charge in [-0.2, -0.15) is 5.10 Å². The first kappa shape index (κ1) is 21.9. The second-order valence-electron chi connectivity index (χ2n) is 7.39. The first-order chi connectivity index (χ1) is 14.5. The molecule has 1 aromatic carbocycles. The van der Waals surface area contributed by atoms with Gasteiger partial charge in [0.25, 0.3) is 5.91 Å². The maximum Gasteiger partial charge on any atom is 0.258 e. The second kappa shape index (κ2) is 10.3. The van der Waals surface area contributed by atoms with Crippen LogP contribution in [0.4, 0.5) is 5.82 Å². The van der Waals surface area contributed by atoms with Crippen molar-refractivity contribution in [2.75, 3.05) is 31.3 Å². The number of carbonyl (C=O) groups excluding carboxylic acids is 1. The SMILES string of the molecule is CSc1nc(NCC(C)C)c2cnn(CCNC(=O)COc3cccc(C)c3)c2n1. The minimum absolute atomic E-state index is 0.0224. The molecule has 8 nitrogen and oxygen atoms in total. The molecule has 0 unspecified atom stereocenters. The van der Waals surface area contributed by atoms with E-state index in [1.54, 1.807) is 10.9 Å². The summed E-state index contributed by atoms with van der Waals surface area (Å²) in [6.07, 6.45) is 3.72. The van der Waals surface area contributed by atoms with Gasteiger partial charge in [0.05, 0.1) is 18.1 Å². The van der Waals surface area contributed by atoms with Gasteiger partial charge in [0.2, 0.25) is 0 Å². The predicted octanol–water partition coefficient (Wildman–Crippen LogP) is 3.12. The van der Waals surface area contributed by atoms with Crippen LogP contribution in [0.15, 0.2) is 35.6 Å². The van der Waals surface area contributed by atoms with Crippen molar-refractivity contribution in [3.63, 3.8) is 0 Å². The number of hydrogen-bond donors (Lipinski definition) is 2. The van der Waals surface area contributed by atoms with Crippen molar-refractivity contribution in [2.45, 2.75) is 32.5 Å². The molecule has 0 atom stereocenters. The third-order valence-corrected chi connectivity index (χ3v) is 4.89. The lowest BCUT2D eigenvalue weighted by molar-refractivity contribution is -0.123. The van der Waals surface area contributed by atoms with Crippen molar-refractivity contribution in [1.82, 2.24) is 25.1 Å². The fraction of sp³-hybridized carbons (Fsp3) is 0.429. The third kappa shape index (κ3) is 5.85. The Morgan fingerprint density at radius 2 is 2.13 bits per heavy atom. The quantitative estimate of drug-likeness (QED) is 0.378. The van der Waals surface area contributed by atoms with Crippen LogP contribution in [-0.2, 0) is 11.3 Å². The number of nitrogens with one attached hydrogen (secondary N) is 2. The average Bonchev–Trinajstić information content (AvgIpc) is 3.13. The Labute approximate surface area is 180 Å².